The molecule has 0 aliphatic heterocycles. The molecule has 10 nitrogen and oxygen atoms in total. The number of nitrogens with one attached hydrogen (secondary N) is 1. The lowest BCUT2D eigenvalue weighted by molar-refractivity contribution is -0.385. The Morgan fingerprint density at radius 3 is 2.44 bits per heavy atom. The van der Waals surface area contributed by atoms with E-state index in [1.165, 1.54) is 17.3 Å². The smallest absolute Gasteiger partial charge is 0.271 e. The predicted octanol–water partition coefficient (Wildman–Crippen LogP) is 1.83. The molecule has 27 heavy (non-hydrogen) atoms. The zero-order valence-electron chi connectivity index (χ0n) is 13.9. The van der Waals surface area contributed by atoms with Gasteiger partial charge < -0.3 is 5.32 Å². The molecule has 0 radical (unpaired) electrons. The van der Waals surface area contributed by atoms with E-state index in [2.05, 4.69) is 15.4 Å². The maximum Gasteiger partial charge on any atom is 0.271 e. The lowest BCUT2D eigenvalue weighted by Crippen LogP contribution is -2.13. The molecular weight excluding hydrogens is 374 g/mol. The second-order valence-electron chi connectivity index (χ2n) is 5.59. The number of rotatable bonds is 5. The summed E-state index contributed by atoms with van der Waals surface area (Å²) in [4.78, 5) is 26.2. The highest BCUT2D eigenvalue weighted by Gasteiger charge is 2.19. The van der Waals surface area contributed by atoms with Gasteiger partial charge in [-0.15, -0.1) is 0 Å². The summed E-state index contributed by atoms with van der Waals surface area (Å²) < 4.78 is 25.0. The number of benzene rings is 2. The third kappa shape index (κ3) is 4.15. The topological polar surface area (TPSA) is 137 Å². The molecule has 1 amide bonds. The lowest BCUT2D eigenvalue weighted by Gasteiger charge is -2.08. The van der Waals surface area contributed by atoms with Gasteiger partial charge in [-0.2, -0.15) is 5.10 Å². The Kier molecular flexibility index (Phi) is 4.69. The molecule has 138 valence electrons. The van der Waals surface area contributed by atoms with Crippen molar-refractivity contribution in [2.24, 2.45) is 0 Å². The van der Waals surface area contributed by atoms with Crippen molar-refractivity contribution in [3.8, 4) is 5.69 Å². The van der Waals surface area contributed by atoms with Crippen molar-refractivity contribution in [1.29, 1.82) is 0 Å². The molecule has 0 spiro atoms. The van der Waals surface area contributed by atoms with Crippen LogP contribution in [0.5, 0.6) is 0 Å². The van der Waals surface area contributed by atoms with Crippen LogP contribution in [0.1, 0.15) is 10.4 Å². The molecule has 0 aliphatic rings. The number of aromatic nitrogens is 3. The summed E-state index contributed by atoms with van der Waals surface area (Å²) in [5.74, 6) is -0.669. The second kappa shape index (κ2) is 6.96. The van der Waals surface area contributed by atoms with E-state index in [1.807, 2.05) is 0 Å². The predicted molar refractivity (Wildman–Crippen MR) is 95.5 cm³/mol. The highest BCUT2D eigenvalue weighted by atomic mass is 32.2. The van der Waals surface area contributed by atoms with Crippen LogP contribution in [0, 0.1) is 10.1 Å². The van der Waals surface area contributed by atoms with Crippen LogP contribution in [-0.2, 0) is 9.84 Å². The molecular formula is C16H13N5O5S. The van der Waals surface area contributed by atoms with Gasteiger partial charge in [-0.05, 0) is 30.3 Å². The van der Waals surface area contributed by atoms with Gasteiger partial charge in [0.2, 0.25) is 0 Å². The highest BCUT2D eigenvalue weighted by molar-refractivity contribution is 7.90. The van der Waals surface area contributed by atoms with Crippen molar-refractivity contribution in [1.82, 2.24) is 14.8 Å². The van der Waals surface area contributed by atoms with Crippen LogP contribution in [0.15, 0.2) is 60.0 Å². The number of hydrogen-bond acceptors (Lipinski definition) is 7. The molecule has 0 saturated carbocycles. The van der Waals surface area contributed by atoms with Gasteiger partial charge in [0.05, 0.1) is 15.5 Å². The number of non-ortho nitro benzene ring substituents is 1. The molecule has 0 unspecified atom stereocenters. The van der Waals surface area contributed by atoms with Crippen LogP contribution < -0.4 is 5.32 Å². The summed E-state index contributed by atoms with van der Waals surface area (Å²) in [6.45, 7) is 0. The Bertz CT molecular complexity index is 1110. The molecule has 0 bridgehead atoms. The molecule has 1 N–H and O–H groups in total. The van der Waals surface area contributed by atoms with Crippen molar-refractivity contribution in [3.63, 3.8) is 0 Å². The van der Waals surface area contributed by atoms with E-state index in [0.717, 1.165) is 30.1 Å². The number of nitrogens with zero attached hydrogens (tertiary/aromatic N) is 4. The van der Waals surface area contributed by atoms with E-state index in [1.54, 1.807) is 24.3 Å². The molecule has 3 aromatic rings. The number of sulfone groups is 1. The standard InChI is InChI=1S/C16H13N5O5S/c1-27(25,26)15-7-11(6-14(8-15)21(23)24)16(22)19-12-2-4-13(5-3-12)20-10-17-9-18-20/h2-10H,1H3,(H,19,22). The molecule has 0 saturated heterocycles. The van der Waals surface area contributed by atoms with Crippen LogP contribution in [0.2, 0.25) is 0 Å². The van der Waals surface area contributed by atoms with Gasteiger partial charge in [-0.1, -0.05) is 0 Å². The minimum Gasteiger partial charge on any atom is -0.322 e. The second-order valence-corrected chi connectivity index (χ2v) is 7.60. The van der Waals surface area contributed by atoms with E-state index in [4.69, 9.17) is 0 Å². The van der Waals surface area contributed by atoms with Gasteiger partial charge in [-0.25, -0.2) is 18.1 Å². The van der Waals surface area contributed by atoms with Crippen molar-refractivity contribution < 1.29 is 18.1 Å². The van der Waals surface area contributed by atoms with Gasteiger partial charge in [0.1, 0.15) is 12.7 Å². The summed E-state index contributed by atoms with van der Waals surface area (Å²) in [5.41, 5.74) is 0.533. The van der Waals surface area contributed by atoms with Gasteiger partial charge in [0.25, 0.3) is 11.6 Å². The number of nitro benzene ring substituents is 1. The van der Waals surface area contributed by atoms with Crippen LogP contribution in [0.3, 0.4) is 0 Å². The third-order valence-corrected chi connectivity index (χ3v) is 4.69. The maximum absolute atomic E-state index is 12.4. The molecule has 3 rings (SSSR count). The number of carbonyl (C=O) groups excluding carboxylic acids is 1. The molecule has 1 aromatic heterocycles. The van der Waals surface area contributed by atoms with Gasteiger partial charge >= 0.3 is 0 Å². The SMILES string of the molecule is CS(=O)(=O)c1cc(C(=O)Nc2ccc(-n3cncn3)cc2)cc([N+](=O)[O-])c1. The van der Waals surface area contributed by atoms with Gasteiger partial charge in [0, 0.05) is 29.6 Å². The fraction of sp³-hybridized carbons (Fsp3) is 0.0625. The number of amides is 1. The number of hydrogen-bond donors (Lipinski definition) is 1. The first-order valence-electron chi connectivity index (χ1n) is 7.50. The monoisotopic (exact) mass is 387 g/mol. The highest BCUT2D eigenvalue weighted by Crippen LogP contribution is 2.22. The van der Waals surface area contributed by atoms with Crippen LogP contribution >= 0.6 is 0 Å². The van der Waals surface area contributed by atoms with Crippen LogP contribution in [0.25, 0.3) is 5.69 Å². The average molecular weight is 387 g/mol. The van der Waals surface area contributed by atoms with E-state index >= 15 is 0 Å². The quantitative estimate of drug-likeness (QED) is 0.521. The zero-order valence-corrected chi connectivity index (χ0v) is 14.8. The van der Waals surface area contributed by atoms with E-state index in [0.29, 0.717) is 5.69 Å². The zero-order chi connectivity index (χ0) is 19.6. The Labute approximate surface area is 153 Å². The van der Waals surface area contributed by atoms with E-state index in [9.17, 15) is 23.3 Å². The molecule has 0 fully saturated rings. The maximum atomic E-state index is 12.4. The summed E-state index contributed by atoms with van der Waals surface area (Å²) in [6, 6.07) is 9.65. The van der Waals surface area contributed by atoms with Crippen LogP contribution in [-0.4, -0.2) is 40.3 Å². The Balaban J connectivity index is 1.87. The number of anilines is 1. The Morgan fingerprint density at radius 2 is 1.89 bits per heavy atom. The van der Waals surface area contributed by atoms with E-state index < -0.39 is 26.4 Å². The minimum atomic E-state index is -3.72. The van der Waals surface area contributed by atoms with E-state index in [-0.39, 0.29) is 10.5 Å². The number of carbonyl (C=O) groups is 1. The number of nitro groups is 1. The minimum absolute atomic E-state index is 0.134. The van der Waals surface area contributed by atoms with Crippen molar-refractivity contribution in [2.75, 3.05) is 11.6 Å². The Morgan fingerprint density at radius 1 is 1.19 bits per heavy atom. The molecule has 11 heteroatoms. The molecule has 1 heterocycles. The first-order valence-corrected chi connectivity index (χ1v) is 9.39. The van der Waals surface area contributed by atoms with Gasteiger partial charge in [-0.3, -0.25) is 14.9 Å². The van der Waals surface area contributed by atoms with Crippen LogP contribution in [0.4, 0.5) is 11.4 Å². The fourth-order valence-corrected chi connectivity index (χ4v) is 2.95. The Hall–Kier alpha value is -3.60. The van der Waals surface area contributed by atoms with Crippen molar-refractivity contribution in [2.45, 2.75) is 4.90 Å². The molecule has 0 aliphatic carbocycles. The first-order chi connectivity index (χ1) is 12.7. The largest absolute Gasteiger partial charge is 0.322 e. The lowest BCUT2D eigenvalue weighted by atomic mass is 10.2. The summed E-state index contributed by atoms with van der Waals surface area (Å²) in [7, 11) is -3.72. The normalized spacial score (nSPS) is 11.1. The summed E-state index contributed by atoms with van der Waals surface area (Å²) in [5, 5.41) is 17.6. The molecule has 2 aromatic carbocycles. The van der Waals surface area contributed by atoms with Crippen molar-refractivity contribution in [3.05, 3.63) is 70.8 Å². The fourth-order valence-electron chi connectivity index (χ4n) is 2.28. The summed E-state index contributed by atoms with van der Waals surface area (Å²) in [6.07, 6.45) is 3.82. The van der Waals surface area contributed by atoms with Gasteiger partial charge in [0.15, 0.2) is 9.84 Å². The molecule has 0 atom stereocenters. The van der Waals surface area contributed by atoms with Crippen molar-refractivity contribution >= 4 is 27.1 Å². The average Bonchev–Trinajstić information content (AvgIpc) is 3.16. The summed E-state index contributed by atoms with van der Waals surface area (Å²) >= 11 is 0. The first kappa shape index (κ1) is 18.2. The third-order valence-electron chi connectivity index (χ3n) is 3.60.